The van der Waals surface area contributed by atoms with Crippen molar-refractivity contribution >= 4 is 49.4 Å². The molecule has 0 aliphatic rings. The van der Waals surface area contributed by atoms with Gasteiger partial charge in [-0.2, -0.15) is 0 Å². The van der Waals surface area contributed by atoms with Crippen molar-refractivity contribution < 1.29 is 9.32 Å². The van der Waals surface area contributed by atoms with E-state index in [1.807, 2.05) is 0 Å². The second kappa shape index (κ2) is 13.1. The van der Waals surface area contributed by atoms with E-state index < -0.39 is 0 Å². The van der Waals surface area contributed by atoms with Crippen molar-refractivity contribution in [1.82, 2.24) is 4.57 Å². The normalized spacial score (nSPS) is 12.2. The quantitative estimate of drug-likeness (QED) is 0.169. The van der Waals surface area contributed by atoms with Crippen LogP contribution in [0.1, 0.15) is 11.1 Å². The highest BCUT2D eigenvalue weighted by Gasteiger charge is 2.21. The molecule has 252 valence electrons. The maximum absolute atomic E-state index is 6.80. The van der Waals surface area contributed by atoms with Gasteiger partial charge in [-0.05, 0) is 70.8 Å². The first-order valence-corrected chi connectivity index (χ1v) is 18.4. The second-order valence-corrected chi connectivity index (χ2v) is 13.9. The molecular formula is C50H37N2O+. The van der Waals surface area contributed by atoms with Gasteiger partial charge in [0.1, 0.15) is 29.9 Å². The van der Waals surface area contributed by atoms with Crippen molar-refractivity contribution in [2.45, 2.75) is 13.1 Å². The van der Waals surface area contributed by atoms with Crippen LogP contribution in [0.25, 0.3) is 71.7 Å². The third-order valence-corrected chi connectivity index (χ3v) is 10.6. The summed E-state index contributed by atoms with van der Waals surface area (Å²) in [6.45, 7) is 1.69. The summed E-state index contributed by atoms with van der Waals surface area (Å²) >= 11 is 0. The summed E-state index contributed by atoms with van der Waals surface area (Å²) in [6, 6.07) is 69.8. The van der Waals surface area contributed by atoms with Gasteiger partial charge in [-0.1, -0.05) is 146 Å². The molecule has 0 bridgehead atoms. The first-order valence-electron chi connectivity index (χ1n) is 18.4. The highest BCUT2D eigenvalue weighted by molar-refractivity contribution is 6.15. The molecule has 0 fully saturated rings. The van der Waals surface area contributed by atoms with Crippen LogP contribution in [0.2, 0.25) is 0 Å². The minimum atomic E-state index is 0.805. The smallest absolute Gasteiger partial charge is 0.144 e. The molecule has 53 heavy (non-hydrogen) atoms. The van der Waals surface area contributed by atoms with Gasteiger partial charge in [0.25, 0.3) is 0 Å². The van der Waals surface area contributed by atoms with Gasteiger partial charge in [0.15, 0.2) is 0 Å². The molecule has 0 saturated carbocycles. The molecule has 0 aliphatic heterocycles. The summed E-state index contributed by atoms with van der Waals surface area (Å²) in [5, 5.41) is 4.79. The first kappa shape index (κ1) is 31.1. The number of rotatable bonds is 8. The number of aromatic nitrogens is 1. The monoisotopic (exact) mass is 681 g/mol. The fourth-order valence-electron chi connectivity index (χ4n) is 8.17. The van der Waals surface area contributed by atoms with Gasteiger partial charge in [-0.3, -0.25) is 4.90 Å². The number of fused-ring (bicyclic) bond motifs is 6. The van der Waals surface area contributed by atoms with E-state index in [0.717, 1.165) is 40.7 Å². The highest BCUT2D eigenvalue weighted by atomic mass is 16.3. The Balaban J connectivity index is 1.11. The Morgan fingerprint density at radius 3 is 1.98 bits per heavy atom. The molecule has 1 unspecified atom stereocenters. The van der Waals surface area contributed by atoms with Gasteiger partial charge in [0.05, 0.1) is 11.0 Å². The summed E-state index contributed by atoms with van der Waals surface area (Å²) in [7, 11) is 0. The first-order chi connectivity index (χ1) is 26.3. The maximum Gasteiger partial charge on any atom is 0.144 e. The maximum atomic E-state index is 6.80. The topological polar surface area (TPSA) is 22.5 Å². The number of benzene rings is 8. The molecule has 0 radical (unpaired) electrons. The third-order valence-electron chi connectivity index (χ3n) is 10.6. The Bertz CT molecular complexity index is 2890. The minimum absolute atomic E-state index is 0.805. The summed E-state index contributed by atoms with van der Waals surface area (Å²) in [5.41, 5.74) is 13.9. The number of nitrogens with one attached hydrogen (secondary N) is 1. The standard InChI is InChI=1S/C50H36N2O/c1-4-15-35(16-5-1)33-51(40-21-8-3-9-22-40)34-39-20-13-26-45-49-42(25-14-28-48(49)53-50(39)45)38-29-30-44-43-24-10-11-27-46(43)52(47(44)32-38)41-23-12-19-37(31-41)36-17-6-2-7-18-36/h1-32H,33-34H2/p+1. The zero-order valence-corrected chi connectivity index (χ0v) is 29.2. The van der Waals surface area contributed by atoms with E-state index in [1.165, 1.54) is 65.8 Å². The molecule has 2 aromatic heterocycles. The summed E-state index contributed by atoms with van der Waals surface area (Å²) in [6.07, 6.45) is 0. The van der Waals surface area contributed by atoms with Crippen LogP contribution in [0.4, 0.5) is 5.69 Å². The van der Waals surface area contributed by atoms with Gasteiger partial charge in [-0.15, -0.1) is 0 Å². The van der Waals surface area contributed by atoms with Crippen molar-refractivity contribution in [3.63, 3.8) is 0 Å². The molecule has 0 saturated heterocycles. The van der Waals surface area contributed by atoms with Gasteiger partial charge in [-0.25, -0.2) is 0 Å². The lowest BCUT2D eigenvalue weighted by Crippen LogP contribution is -3.04. The largest absolute Gasteiger partial charge is 0.456 e. The predicted octanol–water partition coefficient (Wildman–Crippen LogP) is 11.9. The van der Waals surface area contributed by atoms with Gasteiger partial charge >= 0.3 is 0 Å². The van der Waals surface area contributed by atoms with E-state index in [4.69, 9.17) is 4.42 Å². The van der Waals surface area contributed by atoms with Crippen molar-refractivity contribution in [3.05, 3.63) is 205 Å². The highest BCUT2D eigenvalue weighted by Crippen LogP contribution is 2.41. The van der Waals surface area contributed by atoms with Crippen LogP contribution in [0, 0.1) is 0 Å². The van der Waals surface area contributed by atoms with Crippen molar-refractivity contribution in [1.29, 1.82) is 0 Å². The van der Waals surface area contributed by atoms with Crippen LogP contribution in [-0.2, 0) is 13.1 Å². The van der Waals surface area contributed by atoms with E-state index in [-0.39, 0.29) is 0 Å². The number of quaternary nitrogens is 1. The van der Waals surface area contributed by atoms with Crippen LogP contribution >= 0.6 is 0 Å². The Morgan fingerprint density at radius 2 is 1.13 bits per heavy atom. The summed E-state index contributed by atoms with van der Waals surface area (Å²) in [5.74, 6) is 0. The molecule has 1 N–H and O–H groups in total. The fraction of sp³-hybridized carbons (Fsp3) is 0.0400. The molecular weight excluding hydrogens is 645 g/mol. The molecule has 0 amide bonds. The van der Waals surface area contributed by atoms with Crippen LogP contribution in [-0.4, -0.2) is 4.57 Å². The third kappa shape index (κ3) is 5.59. The van der Waals surface area contributed by atoms with Gasteiger partial charge < -0.3 is 8.98 Å². The molecule has 0 aliphatic carbocycles. The lowest BCUT2D eigenvalue weighted by atomic mass is 9.97. The molecule has 10 aromatic rings. The van der Waals surface area contributed by atoms with Crippen LogP contribution in [0.5, 0.6) is 0 Å². The van der Waals surface area contributed by atoms with E-state index in [0.29, 0.717) is 0 Å². The SMILES string of the molecule is c1ccc(C[NH+](Cc2cccc3c2oc2cccc(-c4ccc5c6ccccc6n(-c6cccc(-c7ccccc7)c6)c5c4)c23)c2ccccc2)cc1. The lowest BCUT2D eigenvalue weighted by Gasteiger charge is -2.19. The van der Waals surface area contributed by atoms with E-state index in [2.05, 4.69) is 199 Å². The van der Waals surface area contributed by atoms with Gasteiger partial charge in [0, 0.05) is 38.4 Å². The summed E-state index contributed by atoms with van der Waals surface area (Å²) in [4.78, 5) is 1.37. The van der Waals surface area contributed by atoms with Crippen molar-refractivity contribution in [3.8, 4) is 27.9 Å². The zero-order valence-electron chi connectivity index (χ0n) is 29.2. The number of furan rings is 1. The van der Waals surface area contributed by atoms with Crippen LogP contribution in [0.3, 0.4) is 0 Å². The molecule has 2 heterocycles. The molecule has 1 atom stereocenters. The molecule has 8 aromatic carbocycles. The summed E-state index contributed by atoms with van der Waals surface area (Å²) < 4.78 is 9.21. The Labute approximate surface area is 308 Å². The molecule has 3 nitrogen and oxygen atoms in total. The number of nitrogens with zero attached hydrogens (tertiary/aromatic N) is 1. The number of hydrogen-bond acceptors (Lipinski definition) is 1. The second-order valence-electron chi connectivity index (χ2n) is 13.9. The Morgan fingerprint density at radius 1 is 0.453 bits per heavy atom. The van der Waals surface area contributed by atoms with E-state index in [1.54, 1.807) is 0 Å². The van der Waals surface area contributed by atoms with Crippen molar-refractivity contribution in [2.24, 2.45) is 0 Å². The average molecular weight is 682 g/mol. The van der Waals surface area contributed by atoms with E-state index in [9.17, 15) is 0 Å². The van der Waals surface area contributed by atoms with Gasteiger partial charge in [0.2, 0.25) is 0 Å². The Kier molecular flexibility index (Phi) is 7.71. The van der Waals surface area contributed by atoms with E-state index >= 15 is 0 Å². The number of hydrogen-bond donors (Lipinski definition) is 1. The zero-order chi connectivity index (χ0) is 35.1. The number of para-hydroxylation sites is 3. The van der Waals surface area contributed by atoms with Crippen LogP contribution < -0.4 is 4.90 Å². The lowest BCUT2D eigenvalue weighted by molar-refractivity contribution is -0.861. The molecule has 10 rings (SSSR count). The Hall–Kier alpha value is -6.68. The van der Waals surface area contributed by atoms with Crippen LogP contribution in [0.15, 0.2) is 199 Å². The fourth-order valence-corrected chi connectivity index (χ4v) is 8.17. The van der Waals surface area contributed by atoms with Crippen molar-refractivity contribution in [2.75, 3.05) is 0 Å². The molecule has 0 spiro atoms. The minimum Gasteiger partial charge on any atom is -0.456 e. The molecule has 3 heteroatoms. The average Bonchev–Trinajstić information content (AvgIpc) is 3.78. The predicted molar refractivity (Wildman–Crippen MR) is 220 cm³/mol.